The van der Waals surface area contributed by atoms with Crippen LogP contribution >= 0.6 is 11.8 Å². The fraction of sp³-hybridized carbons (Fsp3) is 0.440. The first kappa shape index (κ1) is 32.1. The van der Waals surface area contributed by atoms with Gasteiger partial charge in [-0.15, -0.1) is 0 Å². The van der Waals surface area contributed by atoms with Crippen LogP contribution in [0.15, 0.2) is 30.5 Å². The highest BCUT2D eigenvalue weighted by Gasteiger charge is 2.31. The Hall–Kier alpha value is -4.11. The predicted octanol–water partition coefficient (Wildman–Crippen LogP) is -0.930. The van der Waals surface area contributed by atoms with Crippen molar-refractivity contribution in [3.05, 3.63) is 36.0 Å². The molecule has 0 saturated carbocycles. The Morgan fingerprint density at radius 1 is 0.925 bits per heavy atom. The SMILES string of the molecule is CSCCC(NC(=O)C(N)CCC(=O)O)C(=O)NC(CC(N)=O)C(=O)NC(Cc1c[nH]c2ccccc12)C(=O)O. The van der Waals surface area contributed by atoms with E-state index in [1.54, 1.807) is 24.6 Å². The Kier molecular flexibility index (Phi) is 12.4. The van der Waals surface area contributed by atoms with Crippen LogP contribution in [-0.4, -0.2) is 86.9 Å². The number of aromatic nitrogens is 1. The molecular formula is C25H34N6O8S. The van der Waals surface area contributed by atoms with Gasteiger partial charge < -0.3 is 42.6 Å². The second kappa shape index (κ2) is 15.5. The summed E-state index contributed by atoms with van der Waals surface area (Å²) in [4.78, 5) is 76.0. The molecular weight excluding hydrogens is 544 g/mol. The van der Waals surface area contributed by atoms with Gasteiger partial charge >= 0.3 is 11.9 Å². The molecule has 40 heavy (non-hydrogen) atoms. The van der Waals surface area contributed by atoms with Crippen LogP contribution in [0.4, 0.5) is 0 Å². The van der Waals surface area contributed by atoms with Crippen LogP contribution in [0.25, 0.3) is 10.9 Å². The maximum atomic E-state index is 13.1. The molecule has 0 radical (unpaired) electrons. The zero-order valence-corrected chi connectivity index (χ0v) is 22.7. The standard InChI is InChI=1S/C25H34N6O8S/c1-40-9-8-17(29-22(35)15(26)6-7-21(33)34)23(36)30-18(11-20(27)32)24(37)31-19(25(38)39)10-13-12-28-16-5-3-2-4-14(13)16/h2-5,12,15,17-19,28H,6-11,26H2,1H3,(H2,27,32)(H,29,35)(H,30,36)(H,31,37)(H,33,34)(H,38,39). The molecule has 0 saturated heterocycles. The van der Waals surface area contributed by atoms with Crippen molar-refractivity contribution in [1.82, 2.24) is 20.9 Å². The lowest BCUT2D eigenvalue weighted by Gasteiger charge is -2.24. The molecule has 0 aliphatic rings. The van der Waals surface area contributed by atoms with Crippen LogP contribution in [0.5, 0.6) is 0 Å². The minimum Gasteiger partial charge on any atom is -0.481 e. The summed E-state index contributed by atoms with van der Waals surface area (Å²) in [5, 5.41) is 26.5. The lowest BCUT2D eigenvalue weighted by atomic mass is 10.0. The molecule has 1 heterocycles. The zero-order chi connectivity index (χ0) is 29.8. The highest BCUT2D eigenvalue weighted by molar-refractivity contribution is 7.98. The Morgan fingerprint density at radius 2 is 1.55 bits per heavy atom. The lowest BCUT2D eigenvalue weighted by Crippen LogP contribution is -2.58. The Bertz CT molecular complexity index is 1230. The van der Waals surface area contributed by atoms with Crippen molar-refractivity contribution >= 4 is 58.2 Å². The largest absolute Gasteiger partial charge is 0.481 e. The highest BCUT2D eigenvalue weighted by Crippen LogP contribution is 2.19. The third kappa shape index (κ3) is 9.89. The van der Waals surface area contributed by atoms with Gasteiger partial charge in [0.2, 0.25) is 23.6 Å². The van der Waals surface area contributed by atoms with E-state index in [0.29, 0.717) is 11.3 Å². The van der Waals surface area contributed by atoms with E-state index in [1.807, 2.05) is 12.1 Å². The number of hydrogen-bond acceptors (Lipinski definition) is 8. The molecule has 4 unspecified atom stereocenters. The van der Waals surface area contributed by atoms with Crippen molar-refractivity contribution < 1.29 is 39.0 Å². The summed E-state index contributed by atoms with van der Waals surface area (Å²) in [5.74, 6) is -5.49. The van der Waals surface area contributed by atoms with Crippen molar-refractivity contribution in [1.29, 1.82) is 0 Å². The number of aromatic amines is 1. The number of nitrogens with one attached hydrogen (secondary N) is 4. The van der Waals surface area contributed by atoms with E-state index >= 15 is 0 Å². The number of benzene rings is 1. The fourth-order valence-corrected chi connectivity index (χ4v) is 4.34. The number of amides is 4. The molecule has 10 N–H and O–H groups in total. The summed E-state index contributed by atoms with van der Waals surface area (Å²) in [7, 11) is 0. The summed E-state index contributed by atoms with van der Waals surface area (Å²) >= 11 is 1.39. The van der Waals surface area contributed by atoms with Crippen molar-refractivity contribution in [2.75, 3.05) is 12.0 Å². The minimum absolute atomic E-state index is 0.0804. The number of nitrogens with two attached hydrogens (primary N) is 2. The third-order valence-electron chi connectivity index (χ3n) is 6.00. The minimum atomic E-state index is -1.52. The van der Waals surface area contributed by atoms with E-state index < -0.39 is 66.2 Å². The molecule has 218 valence electrons. The van der Waals surface area contributed by atoms with E-state index in [0.717, 1.165) is 10.9 Å². The van der Waals surface area contributed by atoms with Crippen LogP contribution in [0, 0.1) is 0 Å². The van der Waals surface area contributed by atoms with Crippen molar-refractivity contribution in [2.45, 2.75) is 56.3 Å². The lowest BCUT2D eigenvalue weighted by molar-refractivity contribution is -0.142. The maximum Gasteiger partial charge on any atom is 0.326 e. The zero-order valence-electron chi connectivity index (χ0n) is 21.8. The second-order valence-corrected chi connectivity index (χ2v) is 10.1. The number of fused-ring (bicyclic) bond motifs is 1. The number of rotatable bonds is 17. The summed E-state index contributed by atoms with van der Waals surface area (Å²) in [5.41, 5.74) is 12.4. The molecule has 14 nitrogen and oxygen atoms in total. The molecule has 2 rings (SSSR count). The molecule has 0 aliphatic heterocycles. The number of thioether (sulfide) groups is 1. The average molecular weight is 579 g/mol. The first-order valence-corrected chi connectivity index (χ1v) is 13.8. The smallest absolute Gasteiger partial charge is 0.326 e. The van der Waals surface area contributed by atoms with Crippen molar-refractivity contribution in [3.63, 3.8) is 0 Å². The van der Waals surface area contributed by atoms with Crippen LogP contribution in [0.1, 0.15) is 31.2 Å². The van der Waals surface area contributed by atoms with Gasteiger partial charge in [-0.25, -0.2) is 4.79 Å². The van der Waals surface area contributed by atoms with Gasteiger partial charge in [0.15, 0.2) is 0 Å². The number of carbonyl (C=O) groups is 6. The number of H-pyrrole nitrogens is 1. The number of carbonyl (C=O) groups excluding carboxylic acids is 4. The average Bonchev–Trinajstić information content (AvgIpc) is 3.30. The predicted molar refractivity (Wildman–Crippen MR) is 147 cm³/mol. The Labute approximate surface area is 234 Å². The van der Waals surface area contributed by atoms with Crippen molar-refractivity contribution in [2.24, 2.45) is 11.5 Å². The molecule has 2 aromatic rings. The number of carboxylic acid groups (broad SMARTS) is 2. The highest BCUT2D eigenvalue weighted by atomic mass is 32.2. The van der Waals surface area contributed by atoms with Crippen molar-refractivity contribution in [3.8, 4) is 0 Å². The van der Waals surface area contributed by atoms with Crippen LogP contribution in [0.3, 0.4) is 0 Å². The molecule has 0 spiro atoms. The van der Waals surface area contributed by atoms with Gasteiger partial charge in [0.05, 0.1) is 12.5 Å². The molecule has 15 heteroatoms. The first-order valence-electron chi connectivity index (χ1n) is 12.4. The van der Waals surface area contributed by atoms with Gasteiger partial charge in [0.1, 0.15) is 18.1 Å². The van der Waals surface area contributed by atoms with Gasteiger partial charge in [-0.1, -0.05) is 18.2 Å². The third-order valence-corrected chi connectivity index (χ3v) is 6.65. The van der Waals surface area contributed by atoms with Gasteiger partial charge in [0.25, 0.3) is 0 Å². The summed E-state index contributed by atoms with van der Waals surface area (Å²) in [6.07, 6.45) is 2.33. The number of carboxylic acids is 2. The quantitative estimate of drug-likeness (QED) is 0.114. The van der Waals surface area contributed by atoms with Gasteiger partial charge in [-0.05, 0) is 36.5 Å². The molecule has 0 fully saturated rings. The Morgan fingerprint density at radius 3 is 2.17 bits per heavy atom. The van der Waals surface area contributed by atoms with Gasteiger partial charge in [-0.3, -0.25) is 24.0 Å². The van der Waals surface area contributed by atoms with Crippen LogP contribution in [0.2, 0.25) is 0 Å². The molecule has 0 bridgehead atoms. The molecule has 4 atom stereocenters. The molecule has 1 aromatic carbocycles. The molecule has 0 aliphatic carbocycles. The van der Waals surface area contributed by atoms with Gasteiger partial charge in [0, 0.05) is 29.9 Å². The molecule has 4 amide bonds. The summed E-state index contributed by atoms with van der Waals surface area (Å²) < 4.78 is 0. The topological polar surface area (TPSA) is 247 Å². The van der Waals surface area contributed by atoms with Gasteiger partial charge in [-0.2, -0.15) is 11.8 Å². The first-order chi connectivity index (χ1) is 18.9. The van der Waals surface area contributed by atoms with Crippen LogP contribution < -0.4 is 27.4 Å². The van der Waals surface area contributed by atoms with E-state index in [9.17, 15) is 33.9 Å². The van der Waals surface area contributed by atoms with E-state index in [1.165, 1.54) is 11.8 Å². The van der Waals surface area contributed by atoms with E-state index in [4.69, 9.17) is 16.6 Å². The fourth-order valence-electron chi connectivity index (χ4n) is 3.87. The second-order valence-electron chi connectivity index (χ2n) is 9.08. The number of aliphatic carboxylic acids is 2. The van der Waals surface area contributed by atoms with E-state index in [-0.39, 0.29) is 25.7 Å². The number of hydrogen-bond donors (Lipinski definition) is 8. The maximum absolute atomic E-state index is 13.1. The summed E-state index contributed by atoms with van der Waals surface area (Å²) in [6, 6.07) is 1.95. The van der Waals surface area contributed by atoms with Crippen LogP contribution in [-0.2, 0) is 35.2 Å². The summed E-state index contributed by atoms with van der Waals surface area (Å²) in [6.45, 7) is 0. The Balaban J connectivity index is 2.15. The molecule has 1 aromatic heterocycles. The van der Waals surface area contributed by atoms with E-state index in [2.05, 4.69) is 20.9 Å². The normalized spacial score (nSPS) is 13.9. The number of primary amides is 1. The number of para-hydroxylation sites is 1. The monoisotopic (exact) mass is 578 g/mol.